The number of ether oxygens (including phenoxy) is 1. The lowest BCUT2D eigenvalue weighted by Crippen LogP contribution is -2.10. The van der Waals surface area contributed by atoms with Crippen molar-refractivity contribution in [2.75, 3.05) is 0 Å². The molecule has 0 radical (unpaired) electrons. The molecule has 0 bridgehead atoms. The van der Waals surface area contributed by atoms with Crippen LogP contribution in [0.15, 0.2) is 42.9 Å². The second-order valence-corrected chi connectivity index (χ2v) is 8.57. The lowest BCUT2D eigenvalue weighted by Gasteiger charge is -2.18. The van der Waals surface area contributed by atoms with E-state index in [1.54, 1.807) is 17.1 Å². The summed E-state index contributed by atoms with van der Waals surface area (Å²) in [4.78, 5) is 4.95. The minimum absolute atomic E-state index is 0.156. The molecule has 3 heterocycles. The molecule has 8 nitrogen and oxygen atoms in total. The molecule has 0 saturated carbocycles. The summed E-state index contributed by atoms with van der Waals surface area (Å²) in [5.41, 5.74) is 7.06. The molecule has 8 heteroatoms. The highest BCUT2D eigenvalue weighted by molar-refractivity contribution is 5.72. The molecule has 0 fully saturated rings. The molecule has 0 saturated heterocycles. The molecule has 0 spiro atoms. The molecule has 0 atom stereocenters. The Balaban J connectivity index is 1.52. The fraction of sp³-hybridized carbons (Fsp3) is 0.320. The standard InChI is InChI=1S/C25H25N7O/c1-16(2)32-24(17(3)14-28-32)23-21(13-26)25(20-5-4-6-22(20)29-23)33-15-18-7-9-19(10-8-18)31-12-11-27-30-31/h7-12,14,16H,4-6,15H2,1-3H3. The second kappa shape index (κ2) is 8.51. The van der Waals surface area contributed by atoms with Gasteiger partial charge in [-0.15, -0.1) is 5.10 Å². The van der Waals surface area contributed by atoms with Crippen LogP contribution >= 0.6 is 0 Å². The minimum Gasteiger partial charge on any atom is -0.487 e. The first kappa shape index (κ1) is 20.9. The third kappa shape index (κ3) is 3.76. The van der Waals surface area contributed by atoms with Crippen molar-refractivity contribution in [2.24, 2.45) is 0 Å². The molecular formula is C25H25N7O. The number of pyridine rings is 1. The third-order valence-electron chi connectivity index (χ3n) is 5.98. The van der Waals surface area contributed by atoms with Crippen LogP contribution < -0.4 is 4.74 Å². The molecular weight excluding hydrogens is 414 g/mol. The summed E-state index contributed by atoms with van der Waals surface area (Å²) >= 11 is 0. The number of hydrogen-bond acceptors (Lipinski definition) is 6. The van der Waals surface area contributed by atoms with Gasteiger partial charge in [0, 0.05) is 17.3 Å². The van der Waals surface area contributed by atoms with Gasteiger partial charge in [-0.2, -0.15) is 10.4 Å². The third-order valence-corrected chi connectivity index (χ3v) is 5.98. The Hall–Kier alpha value is -3.99. The highest BCUT2D eigenvalue weighted by Crippen LogP contribution is 2.39. The topological polar surface area (TPSA) is 94.4 Å². The van der Waals surface area contributed by atoms with Crippen molar-refractivity contribution in [2.45, 2.75) is 52.7 Å². The first-order chi connectivity index (χ1) is 16.1. The van der Waals surface area contributed by atoms with Crippen molar-refractivity contribution in [3.63, 3.8) is 0 Å². The van der Waals surface area contributed by atoms with Crippen molar-refractivity contribution < 1.29 is 4.74 Å². The smallest absolute Gasteiger partial charge is 0.144 e. The minimum atomic E-state index is 0.156. The van der Waals surface area contributed by atoms with Crippen LogP contribution in [-0.4, -0.2) is 29.8 Å². The van der Waals surface area contributed by atoms with Gasteiger partial charge >= 0.3 is 0 Å². The molecule has 0 aliphatic heterocycles. The average molecular weight is 440 g/mol. The molecule has 0 N–H and O–H groups in total. The molecule has 5 rings (SSSR count). The SMILES string of the molecule is Cc1cnn(C(C)C)c1-c1nc2c(c(OCc3ccc(-n4ccnn4)cc3)c1C#N)CCC2. The van der Waals surface area contributed by atoms with Crippen molar-refractivity contribution in [1.82, 2.24) is 29.8 Å². The zero-order valence-electron chi connectivity index (χ0n) is 19.0. The molecule has 4 aromatic rings. The van der Waals surface area contributed by atoms with Gasteiger partial charge in [0.25, 0.3) is 0 Å². The number of hydrogen-bond donors (Lipinski definition) is 0. The first-order valence-corrected chi connectivity index (χ1v) is 11.2. The number of benzene rings is 1. The van der Waals surface area contributed by atoms with E-state index in [1.807, 2.05) is 42.1 Å². The Kier molecular flexibility index (Phi) is 5.38. The summed E-state index contributed by atoms with van der Waals surface area (Å²) in [7, 11) is 0. The lowest BCUT2D eigenvalue weighted by atomic mass is 10.0. The summed E-state index contributed by atoms with van der Waals surface area (Å²) in [6, 6.07) is 10.5. The molecule has 1 aromatic carbocycles. The van der Waals surface area contributed by atoms with Gasteiger partial charge < -0.3 is 4.74 Å². The predicted octanol–water partition coefficient (Wildman–Crippen LogP) is 4.35. The van der Waals surface area contributed by atoms with E-state index < -0.39 is 0 Å². The quantitative estimate of drug-likeness (QED) is 0.443. The van der Waals surface area contributed by atoms with Crippen LogP contribution in [0.2, 0.25) is 0 Å². The number of rotatable bonds is 6. The highest BCUT2D eigenvalue weighted by Gasteiger charge is 2.28. The van der Waals surface area contributed by atoms with Gasteiger partial charge in [0.2, 0.25) is 0 Å². The molecule has 0 amide bonds. The number of fused-ring (bicyclic) bond motifs is 1. The Morgan fingerprint density at radius 3 is 2.70 bits per heavy atom. The molecule has 33 heavy (non-hydrogen) atoms. The second-order valence-electron chi connectivity index (χ2n) is 8.57. The van der Waals surface area contributed by atoms with Crippen molar-refractivity contribution in [1.29, 1.82) is 5.26 Å². The maximum absolute atomic E-state index is 10.2. The van der Waals surface area contributed by atoms with Gasteiger partial charge in [-0.1, -0.05) is 17.3 Å². The number of aromatic nitrogens is 6. The Morgan fingerprint density at radius 2 is 2.00 bits per heavy atom. The predicted molar refractivity (Wildman–Crippen MR) is 123 cm³/mol. The Bertz CT molecular complexity index is 1330. The summed E-state index contributed by atoms with van der Waals surface area (Å²) in [5.74, 6) is 0.659. The fourth-order valence-electron chi connectivity index (χ4n) is 4.36. The molecule has 1 aliphatic rings. The highest BCUT2D eigenvalue weighted by atomic mass is 16.5. The zero-order valence-corrected chi connectivity index (χ0v) is 19.0. The van der Waals surface area contributed by atoms with Gasteiger partial charge in [0.15, 0.2) is 0 Å². The van der Waals surface area contributed by atoms with E-state index in [2.05, 4.69) is 35.3 Å². The van der Waals surface area contributed by atoms with E-state index >= 15 is 0 Å². The Labute approximate surface area is 192 Å². The van der Waals surface area contributed by atoms with Gasteiger partial charge in [-0.05, 0) is 63.3 Å². The molecule has 0 unspecified atom stereocenters. The van der Waals surface area contributed by atoms with Gasteiger partial charge in [0.1, 0.15) is 29.7 Å². The van der Waals surface area contributed by atoms with E-state index in [4.69, 9.17) is 9.72 Å². The summed E-state index contributed by atoms with van der Waals surface area (Å²) in [5, 5.41) is 22.6. The van der Waals surface area contributed by atoms with E-state index in [0.717, 1.165) is 53.0 Å². The summed E-state index contributed by atoms with van der Waals surface area (Å²) in [6.45, 7) is 6.53. The number of nitriles is 1. The normalized spacial score (nSPS) is 12.7. The zero-order chi connectivity index (χ0) is 22.9. The van der Waals surface area contributed by atoms with E-state index in [1.165, 1.54) is 0 Å². The number of aryl methyl sites for hydroxylation is 2. The lowest BCUT2D eigenvalue weighted by molar-refractivity contribution is 0.302. The van der Waals surface area contributed by atoms with Crippen molar-refractivity contribution >= 4 is 0 Å². The van der Waals surface area contributed by atoms with Crippen molar-refractivity contribution in [3.05, 3.63) is 70.8 Å². The largest absolute Gasteiger partial charge is 0.487 e. The van der Waals surface area contributed by atoms with Crippen LogP contribution in [-0.2, 0) is 19.4 Å². The van der Waals surface area contributed by atoms with Crippen LogP contribution in [0, 0.1) is 18.3 Å². The van der Waals surface area contributed by atoms with Crippen LogP contribution in [0.25, 0.3) is 17.1 Å². The summed E-state index contributed by atoms with van der Waals surface area (Å²) < 4.78 is 9.99. The molecule has 1 aliphatic carbocycles. The van der Waals surface area contributed by atoms with Gasteiger partial charge in [-0.25, -0.2) is 9.67 Å². The monoisotopic (exact) mass is 439 g/mol. The van der Waals surface area contributed by atoms with Crippen LogP contribution in [0.4, 0.5) is 0 Å². The first-order valence-electron chi connectivity index (χ1n) is 11.2. The van der Waals surface area contributed by atoms with Crippen LogP contribution in [0.1, 0.15) is 54.3 Å². The van der Waals surface area contributed by atoms with Gasteiger partial charge in [0.05, 0.1) is 30.0 Å². The van der Waals surface area contributed by atoms with E-state index in [-0.39, 0.29) is 6.04 Å². The van der Waals surface area contributed by atoms with Crippen LogP contribution in [0.5, 0.6) is 5.75 Å². The van der Waals surface area contributed by atoms with E-state index in [9.17, 15) is 5.26 Å². The Morgan fingerprint density at radius 1 is 1.18 bits per heavy atom. The fourth-order valence-corrected chi connectivity index (χ4v) is 4.36. The van der Waals surface area contributed by atoms with E-state index in [0.29, 0.717) is 23.6 Å². The number of nitrogens with zero attached hydrogens (tertiary/aromatic N) is 7. The van der Waals surface area contributed by atoms with Gasteiger partial charge in [-0.3, -0.25) is 4.68 Å². The van der Waals surface area contributed by atoms with Crippen molar-refractivity contribution in [3.8, 4) is 28.9 Å². The molecule has 166 valence electrons. The maximum atomic E-state index is 10.2. The maximum Gasteiger partial charge on any atom is 0.144 e. The van der Waals surface area contributed by atoms with Crippen LogP contribution in [0.3, 0.4) is 0 Å². The summed E-state index contributed by atoms with van der Waals surface area (Å²) in [6.07, 6.45) is 8.07. The molecule has 3 aromatic heterocycles. The average Bonchev–Trinajstić information content (AvgIpc) is 3.57.